The fourth-order valence-electron chi connectivity index (χ4n) is 4.39. The molecule has 0 saturated carbocycles. The van der Waals surface area contributed by atoms with Gasteiger partial charge in [0.2, 0.25) is 5.91 Å². The van der Waals surface area contributed by atoms with Crippen molar-refractivity contribution in [3.8, 4) is 5.75 Å². The zero-order chi connectivity index (χ0) is 26.6. The Morgan fingerprint density at radius 2 is 1.81 bits per heavy atom. The van der Waals surface area contributed by atoms with Gasteiger partial charge in [-0.2, -0.15) is 13.2 Å². The van der Waals surface area contributed by atoms with Crippen LogP contribution in [0.25, 0.3) is 0 Å². The van der Waals surface area contributed by atoms with E-state index >= 15 is 0 Å². The van der Waals surface area contributed by atoms with Gasteiger partial charge in [-0.3, -0.25) is 9.69 Å². The first-order chi connectivity index (χ1) is 16.9. The molecule has 0 saturated heterocycles. The van der Waals surface area contributed by atoms with Gasteiger partial charge in [0.15, 0.2) is 0 Å². The molecule has 1 aliphatic rings. The van der Waals surface area contributed by atoms with E-state index in [0.29, 0.717) is 25.4 Å². The van der Waals surface area contributed by atoms with Gasteiger partial charge in [-0.05, 0) is 49.9 Å². The highest BCUT2D eigenvalue weighted by molar-refractivity contribution is 5.80. The van der Waals surface area contributed by atoms with Gasteiger partial charge in [0.25, 0.3) is 0 Å². The van der Waals surface area contributed by atoms with Crippen molar-refractivity contribution in [1.29, 1.82) is 0 Å². The Bertz CT molecular complexity index is 1030. The Kier molecular flexibility index (Phi) is 8.89. The Morgan fingerprint density at radius 1 is 1.14 bits per heavy atom. The Morgan fingerprint density at radius 3 is 2.39 bits per heavy atom. The van der Waals surface area contributed by atoms with E-state index in [-0.39, 0.29) is 37.0 Å². The predicted molar refractivity (Wildman–Crippen MR) is 134 cm³/mol. The van der Waals surface area contributed by atoms with Crippen molar-refractivity contribution in [1.82, 2.24) is 9.80 Å². The number of ether oxygens (including phenoxy) is 1. The van der Waals surface area contributed by atoms with E-state index in [1.807, 2.05) is 63.0 Å². The SMILES string of the molecule is C[C@@H]1CN([C@H](C)CO)C(=O)Cc2cc(N(C)C)ccc2O[C@@H]1CN(C)Cc1ccc(C(F)(F)F)cc1. The van der Waals surface area contributed by atoms with Crippen LogP contribution in [-0.4, -0.2) is 73.8 Å². The van der Waals surface area contributed by atoms with E-state index in [2.05, 4.69) is 0 Å². The summed E-state index contributed by atoms with van der Waals surface area (Å²) < 4.78 is 45.2. The van der Waals surface area contributed by atoms with E-state index in [1.54, 1.807) is 4.90 Å². The monoisotopic (exact) mass is 507 g/mol. The Labute approximate surface area is 211 Å². The third-order valence-electron chi connectivity index (χ3n) is 6.64. The number of hydrogen-bond acceptors (Lipinski definition) is 5. The highest BCUT2D eigenvalue weighted by Crippen LogP contribution is 2.31. The minimum Gasteiger partial charge on any atom is -0.488 e. The van der Waals surface area contributed by atoms with Gasteiger partial charge in [-0.25, -0.2) is 0 Å². The largest absolute Gasteiger partial charge is 0.488 e. The molecule has 0 spiro atoms. The number of fused-ring (bicyclic) bond motifs is 1. The van der Waals surface area contributed by atoms with Gasteiger partial charge >= 0.3 is 6.18 Å². The van der Waals surface area contributed by atoms with Crippen molar-refractivity contribution in [3.63, 3.8) is 0 Å². The smallest absolute Gasteiger partial charge is 0.416 e. The molecule has 0 radical (unpaired) electrons. The predicted octanol–water partition coefficient (Wildman–Crippen LogP) is 4.05. The molecule has 9 heteroatoms. The van der Waals surface area contributed by atoms with Crippen molar-refractivity contribution in [2.75, 3.05) is 45.7 Å². The van der Waals surface area contributed by atoms with Crippen LogP contribution in [0.4, 0.5) is 18.9 Å². The van der Waals surface area contributed by atoms with Gasteiger partial charge in [-0.1, -0.05) is 19.1 Å². The number of carbonyl (C=O) groups is 1. The van der Waals surface area contributed by atoms with Crippen molar-refractivity contribution < 1.29 is 27.8 Å². The molecule has 1 N–H and O–H groups in total. The summed E-state index contributed by atoms with van der Waals surface area (Å²) in [6.07, 6.45) is -4.48. The standard InChI is InChI=1S/C27H36F3N3O3/c1-18-14-33(19(2)17-34)26(35)13-21-12-23(31(3)4)10-11-24(21)36-25(18)16-32(5)15-20-6-8-22(9-7-20)27(28,29)30/h6-12,18-19,25,34H,13-17H2,1-5H3/t18-,19-,25-/m1/s1. The molecule has 1 heterocycles. The number of aliphatic hydroxyl groups excluding tert-OH is 1. The fraction of sp³-hybridized carbons (Fsp3) is 0.519. The number of anilines is 1. The van der Waals surface area contributed by atoms with E-state index < -0.39 is 11.7 Å². The maximum atomic E-state index is 13.2. The average Bonchev–Trinajstić information content (AvgIpc) is 2.85. The number of nitrogens with zero attached hydrogens (tertiary/aromatic N) is 3. The normalized spacial score (nSPS) is 19.7. The maximum absolute atomic E-state index is 13.2. The summed E-state index contributed by atoms with van der Waals surface area (Å²) in [6, 6.07) is 10.6. The van der Waals surface area contributed by atoms with Gasteiger partial charge in [0.05, 0.1) is 24.6 Å². The summed E-state index contributed by atoms with van der Waals surface area (Å²) in [5, 5.41) is 9.77. The zero-order valence-corrected chi connectivity index (χ0v) is 21.5. The minimum absolute atomic E-state index is 0.0579. The third-order valence-corrected chi connectivity index (χ3v) is 6.64. The van der Waals surface area contributed by atoms with Crippen molar-refractivity contribution in [2.45, 2.75) is 45.1 Å². The van der Waals surface area contributed by atoms with Gasteiger partial charge in [-0.15, -0.1) is 0 Å². The third kappa shape index (κ3) is 6.91. The quantitative estimate of drug-likeness (QED) is 0.613. The van der Waals surface area contributed by atoms with E-state index in [9.17, 15) is 23.1 Å². The molecule has 6 nitrogen and oxygen atoms in total. The molecular weight excluding hydrogens is 471 g/mol. The van der Waals surface area contributed by atoms with Gasteiger partial charge in [0.1, 0.15) is 11.9 Å². The van der Waals surface area contributed by atoms with Crippen molar-refractivity contribution in [2.24, 2.45) is 5.92 Å². The van der Waals surface area contributed by atoms with Gasteiger partial charge in [0, 0.05) is 50.9 Å². The molecule has 0 fully saturated rings. The van der Waals surface area contributed by atoms with Crippen molar-refractivity contribution in [3.05, 3.63) is 59.2 Å². The molecule has 198 valence electrons. The Hall–Kier alpha value is -2.78. The fourth-order valence-corrected chi connectivity index (χ4v) is 4.39. The van der Waals surface area contributed by atoms with Gasteiger partial charge < -0.3 is 19.6 Å². The first-order valence-corrected chi connectivity index (χ1v) is 12.1. The number of halogens is 3. The zero-order valence-electron chi connectivity index (χ0n) is 21.5. The molecule has 1 amide bonds. The number of aliphatic hydroxyl groups is 1. The minimum atomic E-state index is -4.36. The highest BCUT2D eigenvalue weighted by atomic mass is 19.4. The van der Waals surface area contributed by atoms with E-state index in [4.69, 9.17) is 4.74 Å². The number of hydrogen-bond donors (Lipinski definition) is 1. The molecular formula is C27H36F3N3O3. The molecule has 0 aromatic heterocycles. The van der Waals surface area contributed by atoms with E-state index in [1.165, 1.54) is 12.1 Å². The van der Waals surface area contributed by atoms with Crippen LogP contribution in [-0.2, 0) is 23.9 Å². The molecule has 0 aliphatic carbocycles. The first kappa shape index (κ1) is 27.8. The summed E-state index contributed by atoms with van der Waals surface area (Å²) in [6.45, 7) is 5.09. The van der Waals surface area contributed by atoms with Crippen LogP contribution in [0, 0.1) is 5.92 Å². The molecule has 2 aromatic carbocycles. The molecule has 0 bridgehead atoms. The lowest BCUT2D eigenvalue weighted by atomic mass is 10.0. The van der Waals surface area contributed by atoms with E-state index in [0.717, 1.165) is 28.9 Å². The van der Waals surface area contributed by atoms with Crippen LogP contribution in [0.2, 0.25) is 0 Å². The first-order valence-electron chi connectivity index (χ1n) is 12.1. The highest BCUT2D eigenvalue weighted by Gasteiger charge is 2.32. The summed E-state index contributed by atoms with van der Waals surface area (Å²) in [5.41, 5.74) is 1.84. The summed E-state index contributed by atoms with van der Waals surface area (Å²) in [5.74, 6) is 0.521. The van der Waals surface area contributed by atoms with Crippen LogP contribution in [0.5, 0.6) is 5.75 Å². The lowest BCUT2D eigenvalue weighted by Gasteiger charge is -2.34. The number of rotatable bonds is 7. The molecule has 36 heavy (non-hydrogen) atoms. The van der Waals surface area contributed by atoms with Crippen molar-refractivity contribution >= 4 is 11.6 Å². The maximum Gasteiger partial charge on any atom is 0.416 e. The topological polar surface area (TPSA) is 56.3 Å². The number of alkyl halides is 3. The molecule has 1 aliphatic heterocycles. The lowest BCUT2D eigenvalue weighted by molar-refractivity contribution is -0.137. The molecule has 3 atom stereocenters. The average molecular weight is 508 g/mol. The van der Waals surface area contributed by atoms with Crippen LogP contribution < -0.4 is 9.64 Å². The summed E-state index contributed by atoms with van der Waals surface area (Å²) in [7, 11) is 5.76. The molecule has 0 unspecified atom stereocenters. The Balaban J connectivity index is 1.85. The summed E-state index contributed by atoms with van der Waals surface area (Å²) in [4.78, 5) is 18.9. The molecule has 2 aromatic rings. The second-order valence-corrected chi connectivity index (χ2v) is 9.97. The molecule has 3 rings (SSSR count). The number of benzene rings is 2. The second-order valence-electron chi connectivity index (χ2n) is 9.97. The number of likely N-dealkylation sites (N-methyl/N-ethyl adjacent to an activating group) is 1. The number of amides is 1. The lowest BCUT2D eigenvalue weighted by Crippen LogP contribution is -2.47. The van der Waals surface area contributed by atoms with Crippen LogP contribution in [0.15, 0.2) is 42.5 Å². The van der Waals surface area contributed by atoms with Crippen LogP contribution in [0.1, 0.15) is 30.5 Å². The van der Waals surface area contributed by atoms with Crippen LogP contribution in [0.3, 0.4) is 0 Å². The summed E-state index contributed by atoms with van der Waals surface area (Å²) >= 11 is 0. The van der Waals surface area contributed by atoms with Crippen LogP contribution >= 0.6 is 0 Å². The second kappa shape index (κ2) is 11.5. The number of carbonyl (C=O) groups excluding carboxylic acids is 1.